The summed E-state index contributed by atoms with van der Waals surface area (Å²) in [7, 11) is 0. The standard InChI is InChI=1S/C21H30Cl2N4O/c22-18-2-1-3-19(20(18)23)27-10-8-26(9-11-27)7-6-15-12-16(13-15)14-24-21(28)25-17-4-5-17/h1-3,15-17H,4-14H2,(H2,24,25,28). The maximum atomic E-state index is 11.7. The summed E-state index contributed by atoms with van der Waals surface area (Å²) in [4.78, 5) is 16.6. The molecule has 2 N–H and O–H groups in total. The van der Waals surface area contributed by atoms with Crippen LogP contribution in [0.1, 0.15) is 32.1 Å². The molecule has 0 unspecified atom stereocenters. The molecule has 1 aromatic rings. The summed E-state index contributed by atoms with van der Waals surface area (Å²) < 4.78 is 0. The van der Waals surface area contributed by atoms with E-state index in [9.17, 15) is 4.79 Å². The van der Waals surface area contributed by atoms with Crippen molar-refractivity contribution in [2.24, 2.45) is 11.8 Å². The van der Waals surface area contributed by atoms with Crippen molar-refractivity contribution in [3.05, 3.63) is 28.2 Å². The molecule has 0 spiro atoms. The number of anilines is 1. The lowest BCUT2D eigenvalue weighted by atomic mass is 9.73. The molecule has 0 aromatic heterocycles. The second kappa shape index (κ2) is 9.10. The molecule has 3 aliphatic rings. The van der Waals surface area contributed by atoms with Crippen molar-refractivity contribution in [2.75, 3.05) is 44.2 Å². The lowest BCUT2D eigenvalue weighted by Gasteiger charge is -2.39. The van der Waals surface area contributed by atoms with E-state index in [2.05, 4.69) is 26.5 Å². The van der Waals surface area contributed by atoms with Crippen LogP contribution >= 0.6 is 23.2 Å². The van der Waals surface area contributed by atoms with E-state index in [4.69, 9.17) is 23.2 Å². The van der Waals surface area contributed by atoms with E-state index in [1.54, 1.807) is 0 Å². The fourth-order valence-electron chi connectivity index (χ4n) is 4.29. The molecule has 0 radical (unpaired) electrons. The molecule has 1 aliphatic heterocycles. The van der Waals surface area contributed by atoms with Crippen LogP contribution in [-0.2, 0) is 0 Å². The highest BCUT2D eigenvalue weighted by molar-refractivity contribution is 6.43. The molecular weight excluding hydrogens is 395 g/mol. The molecule has 0 bridgehead atoms. The highest BCUT2D eigenvalue weighted by atomic mass is 35.5. The number of nitrogens with one attached hydrogen (secondary N) is 2. The van der Waals surface area contributed by atoms with Gasteiger partial charge < -0.3 is 15.5 Å². The Hall–Kier alpha value is -1.17. The molecular formula is C21H30Cl2N4O. The maximum Gasteiger partial charge on any atom is 0.315 e. The molecule has 28 heavy (non-hydrogen) atoms. The van der Waals surface area contributed by atoms with Crippen LogP contribution in [0.15, 0.2) is 18.2 Å². The Morgan fingerprint density at radius 1 is 1.07 bits per heavy atom. The molecule has 2 amide bonds. The van der Waals surface area contributed by atoms with Gasteiger partial charge >= 0.3 is 6.03 Å². The van der Waals surface area contributed by atoms with Gasteiger partial charge in [0.25, 0.3) is 0 Å². The van der Waals surface area contributed by atoms with E-state index in [1.165, 1.54) is 25.8 Å². The Labute approximate surface area is 177 Å². The fourth-order valence-corrected chi connectivity index (χ4v) is 4.71. The molecule has 5 nitrogen and oxygen atoms in total. The molecule has 4 rings (SSSR count). The zero-order valence-electron chi connectivity index (χ0n) is 16.3. The van der Waals surface area contributed by atoms with Gasteiger partial charge in [-0.05, 0) is 62.6 Å². The number of benzene rings is 1. The third kappa shape index (κ3) is 5.25. The average Bonchev–Trinajstić information content (AvgIpc) is 3.47. The number of hydrogen-bond acceptors (Lipinski definition) is 3. The van der Waals surface area contributed by atoms with Crippen molar-refractivity contribution in [2.45, 2.75) is 38.1 Å². The number of carbonyl (C=O) groups is 1. The van der Waals surface area contributed by atoms with Crippen LogP contribution in [0.25, 0.3) is 0 Å². The van der Waals surface area contributed by atoms with Gasteiger partial charge in [-0.1, -0.05) is 29.3 Å². The first kappa shape index (κ1) is 20.1. The lowest BCUT2D eigenvalue weighted by molar-refractivity contribution is 0.149. The van der Waals surface area contributed by atoms with Crippen LogP contribution in [0, 0.1) is 11.8 Å². The third-order valence-electron chi connectivity index (χ3n) is 6.29. The topological polar surface area (TPSA) is 47.6 Å². The molecule has 0 atom stereocenters. The van der Waals surface area contributed by atoms with Crippen LogP contribution in [0.2, 0.25) is 10.0 Å². The minimum absolute atomic E-state index is 0.0172. The molecule has 3 fully saturated rings. The Bertz CT molecular complexity index is 683. The summed E-state index contributed by atoms with van der Waals surface area (Å²) in [5.41, 5.74) is 1.05. The molecule has 2 saturated carbocycles. The molecule has 1 heterocycles. The van der Waals surface area contributed by atoms with E-state index in [-0.39, 0.29) is 6.03 Å². The first-order valence-corrected chi connectivity index (χ1v) is 11.3. The monoisotopic (exact) mass is 424 g/mol. The minimum atomic E-state index is 0.0172. The second-order valence-corrected chi connectivity index (χ2v) is 9.31. The quantitative estimate of drug-likeness (QED) is 0.695. The highest BCUT2D eigenvalue weighted by Gasteiger charge is 2.30. The number of nitrogens with zero attached hydrogens (tertiary/aromatic N) is 2. The number of hydrogen-bond donors (Lipinski definition) is 2. The number of carbonyl (C=O) groups excluding carboxylic acids is 1. The SMILES string of the molecule is O=C(NCC1CC(CCN2CCN(c3cccc(Cl)c3Cl)CC2)C1)NC1CC1. The normalized spacial score (nSPS) is 25.3. The van der Waals surface area contributed by atoms with E-state index in [1.807, 2.05) is 12.1 Å². The maximum absolute atomic E-state index is 11.7. The zero-order chi connectivity index (χ0) is 19.5. The smallest absolute Gasteiger partial charge is 0.315 e. The van der Waals surface area contributed by atoms with Crippen molar-refractivity contribution >= 4 is 34.9 Å². The van der Waals surface area contributed by atoms with E-state index in [0.29, 0.717) is 22.0 Å². The van der Waals surface area contributed by atoms with E-state index in [0.717, 1.165) is 57.2 Å². The summed E-state index contributed by atoms with van der Waals surface area (Å²) in [6.45, 7) is 6.13. The van der Waals surface area contributed by atoms with Crippen molar-refractivity contribution < 1.29 is 4.79 Å². The molecule has 2 aliphatic carbocycles. The fraction of sp³-hybridized carbons (Fsp3) is 0.667. The third-order valence-corrected chi connectivity index (χ3v) is 7.10. The van der Waals surface area contributed by atoms with Crippen molar-refractivity contribution in [1.82, 2.24) is 15.5 Å². The van der Waals surface area contributed by atoms with Gasteiger partial charge in [0.15, 0.2) is 0 Å². The molecule has 7 heteroatoms. The zero-order valence-corrected chi connectivity index (χ0v) is 17.8. The van der Waals surface area contributed by atoms with E-state index < -0.39 is 0 Å². The second-order valence-electron chi connectivity index (χ2n) is 8.52. The van der Waals surface area contributed by atoms with Gasteiger partial charge in [-0.15, -0.1) is 0 Å². The summed E-state index contributed by atoms with van der Waals surface area (Å²) in [5.74, 6) is 1.48. The number of piperazine rings is 1. The summed E-state index contributed by atoms with van der Waals surface area (Å²) in [5, 5.41) is 7.30. The Kier molecular flexibility index (Phi) is 6.54. The van der Waals surface area contributed by atoms with Gasteiger partial charge in [0.2, 0.25) is 0 Å². The highest BCUT2D eigenvalue weighted by Crippen LogP contribution is 2.36. The van der Waals surface area contributed by atoms with Crippen LogP contribution in [-0.4, -0.2) is 56.2 Å². The van der Waals surface area contributed by atoms with Gasteiger partial charge in [-0.2, -0.15) is 0 Å². The Balaban J connectivity index is 1.09. The number of halogens is 2. The van der Waals surface area contributed by atoms with Crippen LogP contribution < -0.4 is 15.5 Å². The van der Waals surface area contributed by atoms with Gasteiger partial charge in [0, 0.05) is 38.8 Å². The lowest BCUT2D eigenvalue weighted by Crippen LogP contribution is -2.47. The Morgan fingerprint density at radius 2 is 1.82 bits per heavy atom. The molecule has 1 aromatic carbocycles. The average molecular weight is 425 g/mol. The van der Waals surface area contributed by atoms with Crippen LogP contribution in [0.5, 0.6) is 0 Å². The largest absolute Gasteiger partial charge is 0.368 e. The van der Waals surface area contributed by atoms with Crippen LogP contribution in [0.4, 0.5) is 10.5 Å². The first-order valence-electron chi connectivity index (χ1n) is 10.5. The molecule has 154 valence electrons. The first-order chi connectivity index (χ1) is 13.6. The number of amides is 2. The summed E-state index contributed by atoms with van der Waals surface area (Å²) in [6.07, 6.45) is 6.05. The van der Waals surface area contributed by atoms with Gasteiger partial charge in [0.1, 0.15) is 0 Å². The van der Waals surface area contributed by atoms with Crippen molar-refractivity contribution in [3.63, 3.8) is 0 Å². The Morgan fingerprint density at radius 3 is 2.54 bits per heavy atom. The van der Waals surface area contributed by atoms with E-state index >= 15 is 0 Å². The van der Waals surface area contributed by atoms with Gasteiger partial charge in [-0.3, -0.25) is 4.90 Å². The minimum Gasteiger partial charge on any atom is -0.368 e. The number of urea groups is 1. The summed E-state index contributed by atoms with van der Waals surface area (Å²) >= 11 is 12.5. The van der Waals surface area contributed by atoms with Crippen molar-refractivity contribution in [1.29, 1.82) is 0 Å². The van der Waals surface area contributed by atoms with Gasteiger partial charge in [0.05, 0.1) is 15.7 Å². The predicted molar refractivity (Wildman–Crippen MR) is 116 cm³/mol. The predicted octanol–water partition coefficient (Wildman–Crippen LogP) is 3.99. The van der Waals surface area contributed by atoms with Gasteiger partial charge in [-0.25, -0.2) is 4.79 Å². The van der Waals surface area contributed by atoms with Crippen LogP contribution in [0.3, 0.4) is 0 Å². The van der Waals surface area contributed by atoms with Crippen molar-refractivity contribution in [3.8, 4) is 0 Å². The number of rotatable bonds is 7. The summed E-state index contributed by atoms with van der Waals surface area (Å²) in [6, 6.07) is 6.31. The molecule has 1 saturated heterocycles.